The van der Waals surface area contributed by atoms with Gasteiger partial charge < -0.3 is 5.73 Å². The quantitative estimate of drug-likeness (QED) is 0.814. The summed E-state index contributed by atoms with van der Waals surface area (Å²) in [7, 11) is 0. The molecule has 0 atom stereocenters. The van der Waals surface area contributed by atoms with Crippen molar-refractivity contribution in [3.05, 3.63) is 48.0 Å². The SMILES string of the molecule is N#Cc1cncc(-c2cncc(CN)c2)c1. The Labute approximate surface area is 93.4 Å². The molecule has 0 spiro atoms. The van der Waals surface area contributed by atoms with Crippen molar-refractivity contribution in [1.29, 1.82) is 5.26 Å². The number of rotatable bonds is 2. The zero-order chi connectivity index (χ0) is 11.4. The minimum Gasteiger partial charge on any atom is -0.326 e. The molecule has 0 radical (unpaired) electrons. The predicted octanol–water partition coefficient (Wildman–Crippen LogP) is 1.47. The molecule has 78 valence electrons. The summed E-state index contributed by atoms with van der Waals surface area (Å²) in [5.74, 6) is 0. The molecule has 0 saturated heterocycles. The van der Waals surface area contributed by atoms with Crippen LogP contribution in [-0.4, -0.2) is 9.97 Å². The summed E-state index contributed by atoms with van der Waals surface area (Å²) in [5.41, 5.74) is 8.84. The van der Waals surface area contributed by atoms with E-state index in [1.807, 2.05) is 6.07 Å². The van der Waals surface area contributed by atoms with Crippen LogP contribution in [0.1, 0.15) is 11.1 Å². The number of nitriles is 1. The van der Waals surface area contributed by atoms with Crippen LogP contribution in [0.15, 0.2) is 36.9 Å². The van der Waals surface area contributed by atoms with Crippen LogP contribution in [0.25, 0.3) is 11.1 Å². The van der Waals surface area contributed by atoms with E-state index in [0.29, 0.717) is 12.1 Å². The molecule has 0 aliphatic carbocycles. The van der Waals surface area contributed by atoms with E-state index in [9.17, 15) is 0 Å². The highest BCUT2D eigenvalue weighted by atomic mass is 14.7. The Kier molecular flexibility index (Phi) is 2.90. The van der Waals surface area contributed by atoms with Gasteiger partial charge in [-0.15, -0.1) is 0 Å². The van der Waals surface area contributed by atoms with Gasteiger partial charge in [-0.05, 0) is 17.7 Å². The predicted molar refractivity (Wildman–Crippen MR) is 60.1 cm³/mol. The third-order valence-electron chi connectivity index (χ3n) is 2.23. The van der Waals surface area contributed by atoms with Gasteiger partial charge in [-0.1, -0.05) is 0 Å². The fourth-order valence-corrected chi connectivity index (χ4v) is 1.42. The molecule has 0 saturated carbocycles. The first-order chi connectivity index (χ1) is 7.83. The molecule has 0 amide bonds. The van der Waals surface area contributed by atoms with Crippen molar-refractivity contribution in [2.45, 2.75) is 6.54 Å². The van der Waals surface area contributed by atoms with Gasteiger partial charge in [0.05, 0.1) is 5.56 Å². The second-order valence-electron chi connectivity index (χ2n) is 3.36. The molecule has 4 nitrogen and oxygen atoms in total. The standard InChI is InChI=1S/C12H10N4/c13-3-9-1-11(7-15-5-9)12-2-10(4-14)6-16-8-12/h1-2,5-8H,3,13H2. The van der Waals surface area contributed by atoms with Crippen LogP contribution >= 0.6 is 0 Å². The third-order valence-corrected chi connectivity index (χ3v) is 2.23. The number of pyridine rings is 2. The number of nitrogens with two attached hydrogens (primary N) is 1. The zero-order valence-corrected chi connectivity index (χ0v) is 8.59. The fraction of sp³-hybridized carbons (Fsp3) is 0.0833. The van der Waals surface area contributed by atoms with E-state index in [0.717, 1.165) is 16.7 Å². The van der Waals surface area contributed by atoms with Crippen LogP contribution in [0.5, 0.6) is 0 Å². The van der Waals surface area contributed by atoms with E-state index in [-0.39, 0.29) is 0 Å². The maximum absolute atomic E-state index is 8.78. The molecule has 2 rings (SSSR count). The zero-order valence-electron chi connectivity index (χ0n) is 8.59. The lowest BCUT2D eigenvalue weighted by molar-refractivity contribution is 1.05. The molecule has 2 aromatic heterocycles. The summed E-state index contributed by atoms with van der Waals surface area (Å²) in [6.45, 7) is 0.451. The van der Waals surface area contributed by atoms with Crippen molar-refractivity contribution in [1.82, 2.24) is 9.97 Å². The van der Waals surface area contributed by atoms with Crippen LogP contribution in [0.2, 0.25) is 0 Å². The van der Waals surface area contributed by atoms with Gasteiger partial charge in [-0.25, -0.2) is 0 Å². The Bertz CT molecular complexity index is 543. The van der Waals surface area contributed by atoms with Crippen molar-refractivity contribution in [2.75, 3.05) is 0 Å². The van der Waals surface area contributed by atoms with Gasteiger partial charge in [-0.3, -0.25) is 9.97 Å². The lowest BCUT2D eigenvalue weighted by Gasteiger charge is -2.02. The first kappa shape index (κ1) is 10.3. The van der Waals surface area contributed by atoms with Crippen LogP contribution in [0.4, 0.5) is 0 Å². The molecule has 0 unspecified atom stereocenters. The number of hydrogen-bond acceptors (Lipinski definition) is 4. The summed E-state index contributed by atoms with van der Waals surface area (Å²) in [5, 5.41) is 8.78. The smallest absolute Gasteiger partial charge is 0.101 e. The minimum atomic E-state index is 0.451. The Morgan fingerprint density at radius 3 is 2.44 bits per heavy atom. The molecular weight excluding hydrogens is 200 g/mol. The average Bonchev–Trinajstić information content (AvgIpc) is 2.39. The van der Waals surface area contributed by atoms with Gasteiger partial charge in [0.25, 0.3) is 0 Å². The van der Waals surface area contributed by atoms with Gasteiger partial charge in [0.2, 0.25) is 0 Å². The highest BCUT2D eigenvalue weighted by molar-refractivity contribution is 5.63. The molecular formula is C12H10N4. The van der Waals surface area contributed by atoms with Crippen LogP contribution < -0.4 is 5.73 Å². The monoisotopic (exact) mass is 210 g/mol. The van der Waals surface area contributed by atoms with Crippen molar-refractivity contribution in [3.63, 3.8) is 0 Å². The van der Waals surface area contributed by atoms with Gasteiger partial charge in [0.1, 0.15) is 6.07 Å². The highest BCUT2D eigenvalue weighted by Crippen LogP contribution is 2.19. The molecule has 0 aliphatic heterocycles. The first-order valence-corrected chi connectivity index (χ1v) is 4.83. The third kappa shape index (κ3) is 2.05. The molecule has 0 fully saturated rings. The lowest BCUT2D eigenvalue weighted by atomic mass is 10.1. The lowest BCUT2D eigenvalue weighted by Crippen LogP contribution is -1.97. The van der Waals surface area contributed by atoms with Crippen molar-refractivity contribution in [3.8, 4) is 17.2 Å². The number of hydrogen-bond donors (Lipinski definition) is 1. The Balaban J connectivity index is 2.46. The van der Waals surface area contributed by atoms with Gasteiger partial charge in [-0.2, -0.15) is 5.26 Å². The van der Waals surface area contributed by atoms with Crippen LogP contribution in [0.3, 0.4) is 0 Å². The maximum Gasteiger partial charge on any atom is 0.101 e. The maximum atomic E-state index is 8.78. The number of nitrogens with zero attached hydrogens (tertiary/aromatic N) is 3. The van der Waals surface area contributed by atoms with E-state index in [4.69, 9.17) is 11.0 Å². The summed E-state index contributed by atoms with van der Waals surface area (Å²) < 4.78 is 0. The minimum absolute atomic E-state index is 0.451. The average molecular weight is 210 g/mol. The van der Waals surface area contributed by atoms with Crippen molar-refractivity contribution < 1.29 is 0 Å². The van der Waals surface area contributed by atoms with E-state index in [1.54, 1.807) is 24.7 Å². The van der Waals surface area contributed by atoms with Crippen molar-refractivity contribution >= 4 is 0 Å². The molecule has 2 N–H and O–H groups in total. The Morgan fingerprint density at radius 2 is 1.75 bits per heavy atom. The van der Waals surface area contributed by atoms with Crippen LogP contribution in [-0.2, 0) is 6.54 Å². The highest BCUT2D eigenvalue weighted by Gasteiger charge is 2.01. The van der Waals surface area contributed by atoms with Gasteiger partial charge in [0, 0.05) is 42.5 Å². The summed E-state index contributed by atoms with van der Waals surface area (Å²) in [6, 6.07) is 5.79. The van der Waals surface area contributed by atoms with E-state index in [2.05, 4.69) is 16.0 Å². The molecule has 2 aromatic rings. The largest absolute Gasteiger partial charge is 0.326 e. The molecule has 0 bridgehead atoms. The summed E-state index contributed by atoms with van der Waals surface area (Å²) in [6.07, 6.45) is 6.70. The topological polar surface area (TPSA) is 75.6 Å². The Morgan fingerprint density at radius 1 is 1.06 bits per heavy atom. The van der Waals surface area contributed by atoms with Crippen LogP contribution in [0, 0.1) is 11.3 Å². The summed E-state index contributed by atoms with van der Waals surface area (Å²) in [4.78, 5) is 8.10. The second kappa shape index (κ2) is 4.51. The van der Waals surface area contributed by atoms with E-state index >= 15 is 0 Å². The second-order valence-corrected chi connectivity index (χ2v) is 3.36. The molecule has 0 aromatic carbocycles. The fourth-order valence-electron chi connectivity index (χ4n) is 1.42. The van der Waals surface area contributed by atoms with Gasteiger partial charge in [0.15, 0.2) is 0 Å². The van der Waals surface area contributed by atoms with Gasteiger partial charge >= 0.3 is 0 Å². The molecule has 4 heteroatoms. The van der Waals surface area contributed by atoms with E-state index in [1.165, 1.54) is 6.20 Å². The summed E-state index contributed by atoms with van der Waals surface area (Å²) >= 11 is 0. The molecule has 16 heavy (non-hydrogen) atoms. The van der Waals surface area contributed by atoms with Crippen molar-refractivity contribution in [2.24, 2.45) is 5.73 Å². The number of aromatic nitrogens is 2. The first-order valence-electron chi connectivity index (χ1n) is 4.83. The molecule has 0 aliphatic rings. The normalized spacial score (nSPS) is 9.75. The van der Waals surface area contributed by atoms with E-state index < -0.39 is 0 Å². The Hall–Kier alpha value is -2.25. The molecule has 2 heterocycles.